The zero-order chi connectivity index (χ0) is 24.5. The van der Waals surface area contributed by atoms with Crippen molar-refractivity contribution >= 4 is 40.3 Å². The van der Waals surface area contributed by atoms with E-state index in [2.05, 4.69) is 15.1 Å². The molecule has 0 aliphatic heterocycles. The van der Waals surface area contributed by atoms with Gasteiger partial charge in [0.25, 0.3) is 5.69 Å². The number of hydrogen-bond donors (Lipinski definition) is 0. The first-order valence-corrected chi connectivity index (χ1v) is 10.8. The van der Waals surface area contributed by atoms with Crippen molar-refractivity contribution in [1.82, 2.24) is 0 Å². The molecule has 0 spiro atoms. The van der Waals surface area contributed by atoms with E-state index in [9.17, 15) is 14.9 Å². The monoisotopic (exact) mass is 482 g/mol. The highest BCUT2D eigenvalue weighted by atomic mass is 35.5. The number of likely N-dealkylation sites (N-methyl/N-ethyl adjacent to an activating group) is 1. The van der Waals surface area contributed by atoms with Gasteiger partial charge in [-0.2, -0.15) is 5.11 Å². The Kier molecular flexibility index (Phi) is 8.53. The van der Waals surface area contributed by atoms with Crippen molar-refractivity contribution in [2.24, 2.45) is 10.2 Å². The highest BCUT2D eigenvalue weighted by Gasteiger charge is 2.11. The lowest BCUT2D eigenvalue weighted by atomic mass is 10.2. The lowest BCUT2D eigenvalue weighted by Crippen LogP contribution is -2.27. The van der Waals surface area contributed by atoms with Gasteiger partial charge in [-0.15, -0.1) is 5.11 Å². The first-order chi connectivity index (χ1) is 16.4. The third-order valence-corrected chi connectivity index (χ3v) is 5.23. The molecular weight excluding hydrogens is 460 g/mol. The molecular formula is C24H23ClN4O5. The summed E-state index contributed by atoms with van der Waals surface area (Å²) in [5, 5.41) is 19.2. The van der Waals surface area contributed by atoms with Gasteiger partial charge >= 0.3 is 5.97 Å². The van der Waals surface area contributed by atoms with Crippen molar-refractivity contribution in [1.29, 1.82) is 0 Å². The number of non-ortho nitro benzene ring substituents is 1. The zero-order valence-corrected chi connectivity index (χ0v) is 19.4. The Hall–Kier alpha value is -3.98. The topological polar surface area (TPSA) is 107 Å². The zero-order valence-electron chi connectivity index (χ0n) is 18.7. The molecule has 0 unspecified atom stereocenters. The molecule has 10 heteroatoms. The number of azo groups is 1. The summed E-state index contributed by atoms with van der Waals surface area (Å²) in [5.41, 5.74) is 2.23. The van der Waals surface area contributed by atoms with Crippen LogP contribution in [0.5, 0.6) is 5.75 Å². The number of ether oxygens (including phenoxy) is 2. The summed E-state index contributed by atoms with van der Waals surface area (Å²) in [6.07, 6.45) is 0. The van der Waals surface area contributed by atoms with Gasteiger partial charge in [0.15, 0.2) is 0 Å². The van der Waals surface area contributed by atoms with Crippen LogP contribution in [0.2, 0.25) is 5.02 Å². The minimum absolute atomic E-state index is 0.109. The lowest BCUT2D eigenvalue weighted by Gasteiger charge is -2.23. The number of nitro groups is 1. The third kappa shape index (κ3) is 6.52. The van der Waals surface area contributed by atoms with Crippen molar-refractivity contribution < 1.29 is 19.2 Å². The number of anilines is 1. The molecule has 0 aliphatic rings. The van der Waals surface area contributed by atoms with Gasteiger partial charge in [0, 0.05) is 24.4 Å². The predicted molar refractivity (Wildman–Crippen MR) is 130 cm³/mol. The van der Waals surface area contributed by atoms with Gasteiger partial charge in [-0.3, -0.25) is 10.1 Å². The number of esters is 1. The molecule has 0 heterocycles. The second-order valence-electron chi connectivity index (χ2n) is 7.05. The largest absolute Gasteiger partial charge is 0.497 e. The molecule has 3 rings (SSSR count). The normalized spacial score (nSPS) is 10.8. The van der Waals surface area contributed by atoms with E-state index in [0.717, 1.165) is 12.2 Å². The summed E-state index contributed by atoms with van der Waals surface area (Å²) in [5.74, 6) is 0.284. The van der Waals surface area contributed by atoms with Gasteiger partial charge in [-0.1, -0.05) is 11.6 Å². The SMILES string of the molecule is CCN(CCOC(=O)c1ccc(OC)cc1)c1ccc(N=Nc2ccc([N+](=O)[O-])cc2Cl)cc1. The van der Waals surface area contributed by atoms with Crippen LogP contribution in [0.1, 0.15) is 17.3 Å². The van der Waals surface area contributed by atoms with Crippen LogP contribution in [0.15, 0.2) is 77.0 Å². The predicted octanol–water partition coefficient (Wildman–Crippen LogP) is 6.36. The van der Waals surface area contributed by atoms with E-state index in [4.69, 9.17) is 21.1 Å². The van der Waals surface area contributed by atoms with Crippen LogP contribution in [0.25, 0.3) is 0 Å². The molecule has 0 bridgehead atoms. The van der Waals surface area contributed by atoms with E-state index in [1.807, 2.05) is 19.1 Å². The molecule has 3 aromatic carbocycles. The van der Waals surface area contributed by atoms with E-state index in [1.54, 1.807) is 43.5 Å². The first-order valence-electron chi connectivity index (χ1n) is 10.4. The Balaban J connectivity index is 1.56. The Morgan fingerprint density at radius 1 is 1.06 bits per heavy atom. The van der Waals surface area contributed by atoms with Crippen LogP contribution in [-0.4, -0.2) is 37.7 Å². The highest BCUT2D eigenvalue weighted by molar-refractivity contribution is 6.33. The number of hydrogen-bond acceptors (Lipinski definition) is 8. The number of carbonyl (C=O) groups excluding carboxylic acids is 1. The summed E-state index contributed by atoms with van der Waals surface area (Å²) < 4.78 is 10.5. The van der Waals surface area contributed by atoms with E-state index in [-0.39, 0.29) is 23.3 Å². The van der Waals surface area contributed by atoms with E-state index < -0.39 is 4.92 Å². The summed E-state index contributed by atoms with van der Waals surface area (Å²) >= 11 is 6.04. The fourth-order valence-corrected chi connectivity index (χ4v) is 3.27. The minimum Gasteiger partial charge on any atom is -0.497 e. The Bertz CT molecular complexity index is 1170. The van der Waals surface area contributed by atoms with Crippen LogP contribution >= 0.6 is 11.6 Å². The summed E-state index contributed by atoms with van der Waals surface area (Å²) in [6.45, 7) is 3.49. The van der Waals surface area contributed by atoms with Gasteiger partial charge in [0.2, 0.25) is 0 Å². The number of benzene rings is 3. The fourth-order valence-electron chi connectivity index (χ4n) is 3.06. The van der Waals surface area contributed by atoms with Crippen LogP contribution in [0, 0.1) is 10.1 Å². The van der Waals surface area contributed by atoms with Gasteiger partial charge in [0.05, 0.1) is 34.9 Å². The average Bonchev–Trinajstić information content (AvgIpc) is 2.86. The lowest BCUT2D eigenvalue weighted by molar-refractivity contribution is -0.384. The molecule has 9 nitrogen and oxygen atoms in total. The number of methoxy groups -OCH3 is 1. The van der Waals surface area contributed by atoms with Gasteiger partial charge < -0.3 is 14.4 Å². The molecule has 0 saturated carbocycles. The quantitative estimate of drug-likeness (QED) is 0.144. The molecule has 0 N–H and O–H groups in total. The van der Waals surface area contributed by atoms with Crippen molar-refractivity contribution in [2.45, 2.75) is 6.92 Å². The maximum Gasteiger partial charge on any atom is 0.338 e. The maximum atomic E-state index is 12.2. The van der Waals surface area contributed by atoms with Gasteiger partial charge in [-0.25, -0.2) is 4.79 Å². The minimum atomic E-state index is -0.523. The van der Waals surface area contributed by atoms with Crippen LogP contribution in [0.4, 0.5) is 22.7 Å². The van der Waals surface area contributed by atoms with Crippen molar-refractivity contribution in [2.75, 3.05) is 31.7 Å². The second kappa shape index (κ2) is 11.8. The first kappa shape index (κ1) is 24.7. The average molecular weight is 483 g/mol. The number of nitro benzene ring substituents is 1. The molecule has 0 radical (unpaired) electrons. The van der Waals surface area contributed by atoms with Gasteiger partial charge in [-0.05, 0) is 61.5 Å². The molecule has 0 amide bonds. The molecule has 0 aliphatic carbocycles. The Labute approximate surface area is 201 Å². The molecule has 0 atom stereocenters. The van der Waals surface area contributed by atoms with E-state index in [1.165, 1.54) is 18.2 Å². The Morgan fingerprint density at radius 3 is 2.35 bits per heavy atom. The summed E-state index contributed by atoms with van der Waals surface area (Å²) in [7, 11) is 1.57. The number of halogens is 1. The second-order valence-corrected chi connectivity index (χ2v) is 7.46. The maximum absolute atomic E-state index is 12.2. The van der Waals surface area contributed by atoms with E-state index >= 15 is 0 Å². The van der Waals surface area contributed by atoms with Crippen molar-refractivity contribution in [3.8, 4) is 5.75 Å². The molecule has 0 saturated heterocycles. The number of carbonyl (C=O) groups is 1. The van der Waals surface area contributed by atoms with Crippen molar-refractivity contribution in [3.05, 3.63) is 87.4 Å². The molecule has 3 aromatic rings. The van der Waals surface area contributed by atoms with Gasteiger partial charge in [0.1, 0.15) is 18.0 Å². The molecule has 34 heavy (non-hydrogen) atoms. The third-order valence-electron chi connectivity index (χ3n) is 4.93. The standard InChI is InChI=1S/C24H23ClN4O5/c1-3-28(14-15-34-24(30)17-4-11-21(33-2)12-5-17)19-8-6-18(7-9-19)26-27-23-13-10-20(29(31)32)16-22(23)25/h4-13,16H,3,14-15H2,1-2H3. The summed E-state index contributed by atoms with van der Waals surface area (Å²) in [4.78, 5) is 24.6. The van der Waals surface area contributed by atoms with Crippen LogP contribution in [-0.2, 0) is 4.74 Å². The molecule has 176 valence electrons. The van der Waals surface area contributed by atoms with E-state index in [0.29, 0.717) is 29.2 Å². The molecule has 0 fully saturated rings. The Morgan fingerprint density at radius 2 is 1.76 bits per heavy atom. The number of rotatable bonds is 10. The summed E-state index contributed by atoms with van der Waals surface area (Å²) in [6, 6.07) is 18.1. The number of nitrogens with zero attached hydrogens (tertiary/aromatic N) is 4. The van der Waals surface area contributed by atoms with Crippen molar-refractivity contribution in [3.63, 3.8) is 0 Å². The fraction of sp³-hybridized carbons (Fsp3) is 0.208. The van der Waals surface area contributed by atoms with Crippen LogP contribution < -0.4 is 9.64 Å². The van der Waals surface area contributed by atoms with Crippen LogP contribution in [0.3, 0.4) is 0 Å². The smallest absolute Gasteiger partial charge is 0.338 e. The highest BCUT2D eigenvalue weighted by Crippen LogP contribution is 2.30. The molecule has 0 aromatic heterocycles.